The summed E-state index contributed by atoms with van der Waals surface area (Å²) in [6.45, 7) is 11.5. The Labute approximate surface area is 108 Å². The van der Waals surface area contributed by atoms with Gasteiger partial charge in [-0.05, 0) is 73.8 Å². The highest BCUT2D eigenvalue weighted by Gasteiger charge is 2.21. The fraction of sp³-hybridized carbons (Fsp3) is 1.00. The van der Waals surface area contributed by atoms with Crippen LogP contribution in [0.2, 0.25) is 0 Å². The largest absolute Gasteiger partial charge is 0.312 e. The molecule has 0 aliphatic carbocycles. The van der Waals surface area contributed by atoms with Crippen LogP contribution in [0.15, 0.2) is 0 Å². The van der Waals surface area contributed by atoms with E-state index in [1.807, 2.05) is 0 Å². The summed E-state index contributed by atoms with van der Waals surface area (Å²) in [4.78, 5) is 4.99. The molecule has 1 aliphatic rings. The number of hydrogen-bond acceptors (Lipinski definition) is 3. The van der Waals surface area contributed by atoms with Crippen LogP contribution in [-0.4, -0.2) is 61.7 Å². The molecule has 0 amide bonds. The topological polar surface area (TPSA) is 18.5 Å². The molecule has 0 spiro atoms. The first-order chi connectivity index (χ1) is 7.88. The van der Waals surface area contributed by atoms with Crippen molar-refractivity contribution in [1.29, 1.82) is 0 Å². The summed E-state index contributed by atoms with van der Waals surface area (Å²) >= 11 is 0. The first-order valence-corrected chi connectivity index (χ1v) is 7.02. The van der Waals surface area contributed by atoms with Crippen LogP contribution in [0.3, 0.4) is 0 Å². The zero-order valence-electron chi connectivity index (χ0n) is 12.4. The van der Waals surface area contributed by atoms with Gasteiger partial charge < -0.3 is 15.1 Å². The Bertz CT molecular complexity index is 210. The molecule has 0 bridgehead atoms. The monoisotopic (exact) mass is 241 g/mol. The zero-order chi connectivity index (χ0) is 12.9. The van der Waals surface area contributed by atoms with Gasteiger partial charge in [-0.25, -0.2) is 0 Å². The maximum atomic E-state index is 3.54. The van der Waals surface area contributed by atoms with Crippen LogP contribution in [0, 0.1) is 0 Å². The predicted octanol–water partition coefficient (Wildman–Crippen LogP) is 1.79. The number of likely N-dealkylation sites (tertiary alicyclic amines) is 1. The number of rotatable bonds is 6. The number of nitrogens with one attached hydrogen (secondary N) is 1. The van der Waals surface area contributed by atoms with Gasteiger partial charge in [-0.3, -0.25) is 0 Å². The van der Waals surface area contributed by atoms with Gasteiger partial charge in [0.15, 0.2) is 0 Å². The van der Waals surface area contributed by atoms with Crippen molar-refractivity contribution in [1.82, 2.24) is 15.1 Å². The molecule has 0 aromatic carbocycles. The van der Waals surface area contributed by atoms with Gasteiger partial charge in [0.1, 0.15) is 0 Å². The Kier molecular flexibility index (Phi) is 5.90. The van der Waals surface area contributed by atoms with E-state index >= 15 is 0 Å². The van der Waals surface area contributed by atoms with Crippen LogP contribution in [0.25, 0.3) is 0 Å². The summed E-state index contributed by atoms with van der Waals surface area (Å²) in [6, 6.07) is 0.788. The lowest BCUT2D eigenvalue weighted by molar-refractivity contribution is 0.217. The zero-order valence-corrected chi connectivity index (χ0v) is 12.4. The summed E-state index contributed by atoms with van der Waals surface area (Å²) in [5.74, 6) is 0. The van der Waals surface area contributed by atoms with Crippen LogP contribution < -0.4 is 5.32 Å². The minimum absolute atomic E-state index is 0.254. The standard InChI is InChI=1S/C14H31N3/c1-14(2,3)15-9-7-10-16(4)12-13-8-6-11-17(13)5/h13,15H,6-12H2,1-5H3. The Hall–Kier alpha value is -0.120. The summed E-state index contributed by atoms with van der Waals surface area (Å²) in [5.41, 5.74) is 0.254. The van der Waals surface area contributed by atoms with E-state index in [0.29, 0.717) is 0 Å². The van der Waals surface area contributed by atoms with Gasteiger partial charge in [0.2, 0.25) is 0 Å². The third-order valence-electron chi connectivity index (χ3n) is 3.57. The number of likely N-dealkylation sites (N-methyl/N-ethyl adjacent to an activating group) is 2. The quantitative estimate of drug-likeness (QED) is 0.715. The molecule has 0 aromatic rings. The molecule has 17 heavy (non-hydrogen) atoms. The molecule has 1 unspecified atom stereocenters. The van der Waals surface area contributed by atoms with Crippen LogP contribution in [0.1, 0.15) is 40.0 Å². The van der Waals surface area contributed by atoms with Gasteiger partial charge in [0, 0.05) is 18.1 Å². The minimum Gasteiger partial charge on any atom is -0.312 e. The van der Waals surface area contributed by atoms with Gasteiger partial charge in [0.05, 0.1) is 0 Å². The van der Waals surface area contributed by atoms with E-state index < -0.39 is 0 Å². The van der Waals surface area contributed by atoms with Crippen molar-refractivity contribution in [3.05, 3.63) is 0 Å². The molecule has 1 rings (SSSR count). The van der Waals surface area contributed by atoms with Crippen molar-refractivity contribution in [2.24, 2.45) is 0 Å². The van der Waals surface area contributed by atoms with Gasteiger partial charge in [-0.2, -0.15) is 0 Å². The molecular weight excluding hydrogens is 210 g/mol. The smallest absolute Gasteiger partial charge is 0.0220 e. The van der Waals surface area contributed by atoms with Gasteiger partial charge in [-0.1, -0.05) is 0 Å². The fourth-order valence-corrected chi connectivity index (χ4v) is 2.47. The van der Waals surface area contributed by atoms with Gasteiger partial charge in [-0.15, -0.1) is 0 Å². The van der Waals surface area contributed by atoms with E-state index in [1.54, 1.807) is 0 Å². The van der Waals surface area contributed by atoms with Crippen molar-refractivity contribution in [3.63, 3.8) is 0 Å². The van der Waals surface area contributed by atoms with Crippen molar-refractivity contribution in [2.45, 2.75) is 51.6 Å². The summed E-state index contributed by atoms with van der Waals surface area (Å²) < 4.78 is 0. The lowest BCUT2D eigenvalue weighted by atomic mass is 10.1. The van der Waals surface area contributed by atoms with E-state index in [4.69, 9.17) is 0 Å². The molecular formula is C14H31N3. The molecule has 0 saturated carbocycles. The van der Waals surface area contributed by atoms with Crippen LogP contribution in [-0.2, 0) is 0 Å². The van der Waals surface area contributed by atoms with Crippen molar-refractivity contribution in [3.8, 4) is 0 Å². The summed E-state index contributed by atoms with van der Waals surface area (Å²) in [5, 5.41) is 3.54. The lowest BCUT2D eigenvalue weighted by Gasteiger charge is -2.26. The van der Waals surface area contributed by atoms with Crippen molar-refractivity contribution >= 4 is 0 Å². The molecule has 1 fully saturated rings. The third kappa shape index (κ3) is 6.39. The van der Waals surface area contributed by atoms with Crippen LogP contribution in [0.5, 0.6) is 0 Å². The first kappa shape index (κ1) is 14.9. The highest BCUT2D eigenvalue weighted by molar-refractivity contribution is 4.79. The maximum absolute atomic E-state index is 3.54. The molecule has 1 aliphatic heterocycles. The predicted molar refractivity (Wildman–Crippen MR) is 75.5 cm³/mol. The van der Waals surface area contributed by atoms with E-state index in [2.05, 4.69) is 50.0 Å². The Morgan fingerprint density at radius 2 is 2.06 bits per heavy atom. The molecule has 102 valence electrons. The summed E-state index contributed by atoms with van der Waals surface area (Å²) in [7, 11) is 4.51. The second-order valence-corrected chi connectivity index (χ2v) is 6.57. The lowest BCUT2D eigenvalue weighted by Crippen LogP contribution is -2.39. The van der Waals surface area contributed by atoms with Gasteiger partial charge in [0.25, 0.3) is 0 Å². The summed E-state index contributed by atoms with van der Waals surface area (Å²) in [6.07, 6.45) is 3.99. The molecule has 1 atom stereocenters. The van der Waals surface area contributed by atoms with Crippen molar-refractivity contribution in [2.75, 3.05) is 40.3 Å². The number of hydrogen-bond donors (Lipinski definition) is 1. The molecule has 1 heterocycles. The molecule has 1 saturated heterocycles. The Morgan fingerprint density at radius 3 is 2.59 bits per heavy atom. The highest BCUT2D eigenvalue weighted by atomic mass is 15.2. The molecule has 0 radical (unpaired) electrons. The third-order valence-corrected chi connectivity index (χ3v) is 3.57. The van der Waals surface area contributed by atoms with E-state index in [1.165, 1.54) is 38.9 Å². The van der Waals surface area contributed by atoms with E-state index in [0.717, 1.165) is 12.6 Å². The van der Waals surface area contributed by atoms with E-state index in [9.17, 15) is 0 Å². The second kappa shape index (κ2) is 6.72. The number of nitrogens with zero attached hydrogens (tertiary/aromatic N) is 2. The molecule has 1 N–H and O–H groups in total. The average molecular weight is 241 g/mol. The molecule has 0 aromatic heterocycles. The van der Waals surface area contributed by atoms with Crippen LogP contribution in [0.4, 0.5) is 0 Å². The average Bonchev–Trinajstić information content (AvgIpc) is 2.58. The van der Waals surface area contributed by atoms with Gasteiger partial charge >= 0.3 is 0 Å². The minimum atomic E-state index is 0.254. The highest BCUT2D eigenvalue weighted by Crippen LogP contribution is 2.15. The maximum Gasteiger partial charge on any atom is 0.0220 e. The van der Waals surface area contributed by atoms with Crippen LogP contribution >= 0.6 is 0 Å². The van der Waals surface area contributed by atoms with E-state index in [-0.39, 0.29) is 5.54 Å². The SMILES string of the molecule is CN(CCCNC(C)(C)C)CC1CCCN1C. The Morgan fingerprint density at radius 1 is 1.35 bits per heavy atom. The second-order valence-electron chi connectivity index (χ2n) is 6.57. The molecule has 3 heteroatoms. The van der Waals surface area contributed by atoms with Crippen molar-refractivity contribution < 1.29 is 0 Å². The fourth-order valence-electron chi connectivity index (χ4n) is 2.47. The normalized spacial score (nSPS) is 22.6. The Balaban J connectivity index is 2.07. The first-order valence-electron chi connectivity index (χ1n) is 7.02. The molecule has 3 nitrogen and oxygen atoms in total.